The second kappa shape index (κ2) is 8.50. The van der Waals surface area contributed by atoms with Crippen molar-refractivity contribution in [3.05, 3.63) is 70.9 Å². The standard InChI is InChI=1S/C26H30N4O/c1-5-17-11-13-19(14-12-17)27-25-29-21-15-26(3,4)16-22(31)23(21)24(30-25)28-20-10-8-7-9-18(20)6-2/h7-14H,5-6,15-16H2,1-4H3,(H2,27,28,29,30). The first-order valence-corrected chi connectivity index (χ1v) is 11.0. The van der Waals surface area contributed by atoms with Gasteiger partial charge in [0.15, 0.2) is 5.78 Å². The molecule has 0 radical (unpaired) electrons. The summed E-state index contributed by atoms with van der Waals surface area (Å²) in [5.74, 6) is 1.19. The fourth-order valence-corrected chi connectivity index (χ4v) is 4.14. The van der Waals surface area contributed by atoms with Crippen molar-refractivity contribution in [1.82, 2.24) is 9.97 Å². The molecule has 0 fully saturated rings. The summed E-state index contributed by atoms with van der Waals surface area (Å²) in [6.07, 6.45) is 3.13. The van der Waals surface area contributed by atoms with Crippen LogP contribution in [0.2, 0.25) is 0 Å². The van der Waals surface area contributed by atoms with Crippen molar-refractivity contribution >= 4 is 28.9 Å². The third-order valence-corrected chi connectivity index (χ3v) is 5.82. The van der Waals surface area contributed by atoms with Crippen LogP contribution in [0.4, 0.5) is 23.1 Å². The first-order valence-electron chi connectivity index (χ1n) is 11.0. The fourth-order valence-electron chi connectivity index (χ4n) is 4.14. The molecular formula is C26H30N4O. The van der Waals surface area contributed by atoms with E-state index in [9.17, 15) is 4.79 Å². The van der Waals surface area contributed by atoms with Gasteiger partial charge in [0, 0.05) is 17.8 Å². The molecule has 0 saturated heterocycles. The first-order chi connectivity index (χ1) is 14.9. The third-order valence-electron chi connectivity index (χ3n) is 5.82. The molecule has 5 nitrogen and oxygen atoms in total. The van der Waals surface area contributed by atoms with Crippen LogP contribution in [0.5, 0.6) is 0 Å². The van der Waals surface area contributed by atoms with Crippen molar-refractivity contribution in [2.24, 2.45) is 5.41 Å². The van der Waals surface area contributed by atoms with Gasteiger partial charge in [-0.2, -0.15) is 4.98 Å². The lowest BCUT2D eigenvalue weighted by atomic mass is 9.75. The van der Waals surface area contributed by atoms with Gasteiger partial charge < -0.3 is 10.6 Å². The molecule has 0 unspecified atom stereocenters. The Balaban J connectivity index is 1.76. The molecule has 2 N–H and O–H groups in total. The van der Waals surface area contributed by atoms with Gasteiger partial charge in [-0.05, 0) is 54.0 Å². The Kier molecular flexibility index (Phi) is 5.77. The number of nitrogens with one attached hydrogen (secondary N) is 2. The zero-order valence-electron chi connectivity index (χ0n) is 18.7. The predicted molar refractivity (Wildman–Crippen MR) is 127 cm³/mol. The van der Waals surface area contributed by atoms with Gasteiger partial charge in [-0.25, -0.2) is 4.98 Å². The lowest BCUT2D eigenvalue weighted by Gasteiger charge is -2.30. The van der Waals surface area contributed by atoms with E-state index < -0.39 is 0 Å². The molecule has 4 rings (SSSR count). The summed E-state index contributed by atoms with van der Waals surface area (Å²) >= 11 is 0. The molecule has 0 amide bonds. The number of rotatable bonds is 6. The number of anilines is 4. The first kappa shape index (κ1) is 21.0. The SMILES string of the molecule is CCc1ccc(Nc2nc3c(c(Nc4ccccc4CC)n2)C(=O)CC(C)(C)C3)cc1. The molecule has 160 valence electrons. The van der Waals surface area contributed by atoms with E-state index >= 15 is 0 Å². The lowest BCUT2D eigenvalue weighted by molar-refractivity contribution is 0.0911. The quantitative estimate of drug-likeness (QED) is 0.499. The summed E-state index contributed by atoms with van der Waals surface area (Å²) in [6, 6.07) is 16.4. The largest absolute Gasteiger partial charge is 0.339 e. The van der Waals surface area contributed by atoms with Gasteiger partial charge in [-0.1, -0.05) is 58.0 Å². The minimum absolute atomic E-state index is 0.0987. The van der Waals surface area contributed by atoms with E-state index in [1.807, 2.05) is 30.3 Å². The molecular weight excluding hydrogens is 384 g/mol. The Morgan fingerprint density at radius 1 is 0.903 bits per heavy atom. The van der Waals surface area contributed by atoms with Gasteiger partial charge in [0.1, 0.15) is 5.82 Å². The molecule has 2 aromatic carbocycles. The number of carbonyl (C=O) groups excluding carboxylic acids is 1. The van der Waals surface area contributed by atoms with Crippen LogP contribution < -0.4 is 10.6 Å². The Morgan fingerprint density at radius 2 is 1.65 bits per heavy atom. The molecule has 1 aliphatic rings. The van der Waals surface area contributed by atoms with Crippen molar-refractivity contribution in [3.8, 4) is 0 Å². The summed E-state index contributed by atoms with van der Waals surface area (Å²) in [6.45, 7) is 8.49. The molecule has 1 aromatic heterocycles. The maximum Gasteiger partial charge on any atom is 0.229 e. The summed E-state index contributed by atoms with van der Waals surface area (Å²) in [7, 11) is 0. The Hall–Kier alpha value is -3.21. The van der Waals surface area contributed by atoms with Crippen LogP contribution in [0.3, 0.4) is 0 Å². The highest BCUT2D eigenvalue weighted by Gasteiger charge is 2.35. The predicted octanol–water partition coefficient (Wildman–Crippen LogP) is 6.24. The molecule has 0 atom stereocenters. The van der Waals surface area contributed by atoms with Crippen molar-refractivity contribution in [1.29, 1.82) is 0 Å². The number of Topliss-reactive ketones (excluding diaryl/α,β-unsaturated/α-hetero) is 1. The van der Waals surface area contributed by atoms with E-state index in [1.165, 1.54) is 11.1 Å². The minimum Gasteiger partial charge on any atom is -0.339 e. The molecule has 5 heteroatoms. The van der Waals surface area contributed by atoms with Gasteiger partial charge in [0.2, 0.25) is 5.95 Å². The van der Waals surface area contributed by atoms with E-state index in [0.29, 0.717) is 23.8 Å². The number of para-hydroxylation sites is 1. The van der Waals surface area contributed by atoms with Crippen LogP contribution >= 0.6 is 0 Å². The van der Waals surface area contributed by atoms with Crippen molar-refractivity contribution in [2.45, 2.75) is 53.4 Å². The highest BCUT2D eigenvalue weighted by molar-refractivity contribution is 6.03. The van der Waals surface area contributed by atoms with Crippen LogP contribution in [0, 0.1) is 5.41 Å². The average Bonchev–Trinajstić information content (AvgIpc) is 2.73. The zero-order chi connectivity index (χ0) is 22.0. The molecule has 0 aliphatic heterocycles. The molecule has 0 saturated carbocycles. The van der Waals surface area contributed by atoms with Crippen molar-refractivity contribution in [3.63, 3.8) is 0 Å². The summed E-state index contributed by atoms with van der Waals surface area (Å²) in [5.41, 5.74) is 5.68. The van der Waals surface area contributed by atoms with Gasteiger partial charge >= 0.3 is 0 Å². The number of benzene rings is 2. The topological polar surface area (TPSA) is 66.9 Å². The number of nitrogens with zero attached hydrogens (tertiary/aromatic N) is 2. The maximum atomic E-state index is 13.1. The number of carbonyl (C=O) groups is 1. The van der Waals surface area contributed by atoms with Gasteiger partial charge in [0.25, 0.3) is 0 Å². The number of ketones is 1. The van der Waals surface area contributed by atoms with Crippen LogP contribution in [0.1, 0.15) is 61.3 Å². The van der Waals surface area contributed by atoms with Gasteiger partial charge in [-0.3, -0.25) is 4.79 Å². The lowest BCUT2D eigenvalue weighted by Crippen LogP contribution is -2.29. The average molecular weight is 415 g/mol. The smallest absolute Gasteiger partial charge is 0.229 e. The van der Waals surface area contributed by atoms with Crippen LogP contribution in [-0.2, 0) is 19.3 Å². The zero-order valence-corrected chi connectivity index (χ0v) is 18.7. The number of aryl methyl sites for hydroxylation is 2. The van der Waals surface area contributed by atoms with E-state index in [2.05, 4.69) is 56.5 Å². The monoisotopic (exact) mass is 414 g/mol. The summed E-state index contributed by atoms with van der Waals surface area (Å²) in [5, 5.41) is 6.77. The Morgan fingerprint density at radius 3 is 2.35 bits per heavy atom. The van der Waals surface area contributed by atoms with E-state index in [1.54, 1.807) is 0 Å². The Labute approximate surface area is 184 Å². The maximum absolute atomic E-state index is 13.1. The minimum atomic E-state index is -0.114. The molecule has 3 aromatic rings. The second-order valence-electron chi connectivity index (χ2n) is 8.97. The molecule has 0 bridgehead atoms. The normalized spacial score (nSPS) is 14.8. The molecule has 0 spiro atoms. The molecule has 31 heavy (non-hydrogen) atoms. The summed E-state index contributed by atoms with van der Waals surface area (Å²) in [4.78, 5) is 22.6. The van der Waals surface area contributed by atoms with Crippen LogP contribution in [0.15, 0.2) is 48.5 Å². The molecule has 1 heterocycles. The van der Waals surface area contributed by atoms with Crippen molar-refractivity contribution < 1.29 is 4.79 Å². The second-order valence-corrected chi connectivity index (χ2v) is 8.97. The fraction of sp³-hybridized carbons (Fsp3) is 0.346. The van der Waals surface area contributed by atoms with E-state index in [4.69, 9.17) is 9.97 Å². The number of fused-ring (bicyclic) bond motifs is 1. The highest BCUT2D eigenvalue weighted by atomic mass is 16.1. The molecule has 1 aliphatic carbocycles. The van der Waals surface area contributed by atoms with Crippen molar-refractivity contribution in [2.75, 3.05) is 10.6 Å². The van der Waals surface area contributed by atoms with E-state index in [-0.39, 0.29) is 11.2 Å². The number of hydrogen-bond donors (Lipinski definition) is 2. The summed E-state index contributed by atoms with van der Waals surface area (Å²) < 4.78 is 0. The van der Waals surface area contributed by atoms with Crippen LogP contribution in [-0.4, -0.2) is 15.8 Å². The Bertz CT molecular complexity index is 1100. The third kappa shape index (κ3) is 4.61. The van der Waals surface area contributed by atoms with Gasteiger partial charge in [0.05, 0.1) is 11.3 Å². The number of hydrogen-bond acceptors (Lipinski definition) is 5. The highest BCUT2D eigenvalue weighted by Crippen LogP contribution is 2.38. The van der Waals surface area contributed by atoms with Gasteiger partial charge in [-0.15, -0.1) is 0 Å². The van der Waals surface area contributed by atoms with E-state index in [0.717, 1.165) is 36.3 Å². The van der Waals surface area contributed by atoms with Crippen LogP contribution in [0.25, 0.3) is 0 Å². The number of aromatic nitrogens is 2.